The van der Waals surface area contributed by atoms with Crippen molar-refractivity contribution in [3.8, 4) is 11.5 Å². The predicted octanol–water partition coefficient (Wildman–Crippen LogP) is 8.59. The summed E-state index contributed by atoms with van der Waals surface area (Å²) in [4.78, 5) is 46.0. The van der Waals surface area contributed by atoms with Crippen LogP contribution in [-0.4, -0.2) is 36.4 Å². The third-order valence-corrected chi connectivity index (χ3v) is 9.72. The summed E-state index contributed by atoms with van der Waals surface area (Å²) < 4.78 is 11.8. The van der Waals surface area contributed by atoms with Gasteiger partial charge < -0.3 is 25.4 Å². The molecule has 3 N–H and O–H groups in total. The van der Waals surface area contributed by atoms with Crippen molar-refractivity contribution in [2.45, 2.75) is 17.1 Å². The highest BCUT2D eigenvalue weighted by molar-refractivity contribution is 8.00. The first kappa shape index (κ1) is 34.9. The van der Waals surface area contributed by atoms with Crippen LogP contribution < -0.4 is 25.4 Å². The standard InChI is InChI=1S/C40H34N4O5S2/c1-3-49-31-21-22-33-35(25-31)51-40(43-33)44-39(47)36(27-11-6-4-7-12-27)50-32-16-10-15-29(24-32)41-38(46)34(23-26-17-19-30(48-2)20-18-26)42-37(45)28-13-8-5-9-14-28/h4-25,36H,3H2,1-2H3,(H,41,46)(H,42,45)(H,43,44,47)/b34-23+. The van der Waals surface area contributed by atoms with E-state index < -0.39 is 17.1 Å². The number of nitrogens with one attached hydrogen (secondary N) is 3. The molecule has 1 unspecified atom stereocenters. The molecule has 0 aliphatic rings. The molecule has 0 spiro atoms. The highest BCUT2D eigenvalue weighted by Crippen LogP contribution is 2.38. The number of carbonyl (C=O) groups is 3. The summed E-state index contributed by atoms with van der Waals surface area (Å²) in [6.45, 7) is 2.49. The lowest BCUT2D eigenvalue weighted by Crippen LogP contribution is -2.30. The van der Waals surface area contributed by atoms with Crippen molar-refractivity contribution >= 4 is 67.9 Å². The van der Waals surface area contributed by atoms with Crippen LogP contribution in [0, 0.1) is 0 Å². The number of amides is 3. The maximum atomic E-state index is 13.8. The van der Waals surface area contributed by atoms with Gasteiger partial charge in [-0.05, 0) is 84.8 Å². The summed E-state index contributed by atoms with van der Waals surface area (Å²) in [6, 6.07) is 38.2. The Kier molecular flexibility index (Phi) is 11.4. The molecule has 0 bridgehead atoms. The van der Waals surface area contributed by atoms with Gasteiger partial charge in [0.2, 0.25) is 5.91 Å². The maximum Gasteiger partial charge on any atom is 0.272 e. The average Bonchev–Trinajstić information content (AvgIpc) is 3.56. The number of ether oxygens (including phenoxy) is 2. The van der Waals surface area contributed by atoms with E-state index in [9.17, 15) is 14.4 Å². The van der Waals surface area contributed by atoms with Gasteiger partial charge in [-0.25, -0.2) is 4.98 Å². The van der Waals surface area contributed by atoms with Gasteiger partial charge in [0.1, 0.15) is 22.4 Å². The molecule has 9 nitrogen and oxygen atoms in total. The molecule has 6 aromatic rings. The second-order valence-corrected chi connectivity index (χ2v) is 13.3. The number of nitrogens with zero attached hydrogens (tertiary/aromatic N) is 1. The molecule has 11 heteroatoms. The minimum atomic E-state index is -0.626. The fraction of sp³-hybridized carbons (Fsp3) is 0.100. The van der Waals surface area contributed by atoms with E-state index in [0.717, 1.165) is 26.4 Å². The molecule has 0 fully saturated rings. The van der Waals surface area contributed by atoms with Gasteiger partial charge in [0, 0.05) is 16.1 Å². The number of carbonyl (C=O) groups excluding carboxylic acids is 3. The van der Waals surface area contributed by atoms with Crippen LogP contribution in [0.5, 0.6) is 11.5 Å². The van der Waals surface area contributed by atoms with Crippen LogP contribution in [0.2, 0.25) is 0 Å². The van der Waals surface area contributed by atoms with E-state index in [0.29, 0.717) is 34.3 Å². The molecule has 0 saturated heterocycles. The fourth-order valence-corrected chi connectivity index (χ4v) is 7.06. The Balaban J connectivity index is 1.22. The van der Waals surface area contributed by atoms with Gasteiger partial charge in [-0.1, -0.05) is 78.1 Å². The molecule has 3 amide bonds. The number of thiazole rings is 1. The molecule has 1 atom stereocenters. The molecular weight excluding hydrogens is 681 g/mol. The normalized spacial score (nSPS) is 11.8. The number of methoxy groups -OCH3 is 1. The molecule has 0 aliphatic heterocycles. The van der Waals surface area contributed by atoms with Gasteiger partial charge in [-0.3, -0.25) is 14.4 Å². The highest BCUT2D eigenvalue weighted by Gasteiger charge is 2.24. The van der Waals surface area contributed by atoms with Crippen molar-refractivity contribution in [3.05, 3.63) is 150 Å². The van der Waals surface area contributed by atoms with Crippen molar-refractivity contribution in [2.24, 2.45) is 0 Å². The summed E-state index contributed by atoms with van der Waals surface area (Å²) in [7, 11) is 1.58. The Hall–Kier alpha value is -5.91. The van der Waals surface area contributed by atoms with Crippen molar-refractivity contribution in [1.29, 1.82) is 0 Å². The van der Waals surface area contributed by atoms with Gasteiger partial charge in [-0.15, -0.1) is 11.8 Å². The molecule has 0 aliphatic carbocycles. The lowest BCUT2D eigenvalue weighted by atomic mass is 10.1. The fourth-order valence-electron chi connectivity index (χ4n) is 5.08. The highest BCUT2D eigenvalue weighted by atomic mass is 32.2. The Morgan fingerprint density at radius 2 is 1.55 bits per heavy atom. The number of hydrogen-bond donors (Lipinski definition) is 3. The number of aromatic nitrogens is 1. The number of anilines is 2. The molecule has 1 heterocycles. The molecular formula is C40H34N4O5S2. The molecule has 0 radical (unpaired) electrons. The minimum absolute atomic E-state index is 0.0535. The van der Waals surface area contributed by atoms with E-state index in [4.69, 9.17) is 9.47 Å². The summed E-state index contributed by atoms with van der Waals surface area (Å²) in [5, 5.41) is 8.54. The quantitative estimate of drug-likeness (QED) is 0.0810. The molecule has 0 saturated carbocycles. The molecule has 51 heavy (non-hydrogen) atoms. The number of hydrogen-bond acceptors (Lipinski definition) is 8. The Bertz CT molecular complexity index is 2170. The Morgan fingerprint density at radius 3 is 2.27 bits per heavy atom. The summed E-state index contributed by atoms with van der Waals surface area (Å²) in [5.41, 5.74) is 3.23. The number of benzene rings is 5. The zero-order valence-corrected chi connectivity index (χ0v) is 29.4. The first-order valence-electron chi connectivity index (χ1n) is 16.1. The third-order valence-electron chi connectivity index (χ3n) is 7.54. The first-order chi connectivity index (χ1) is 24.9. The number of fused-ring (bicyclic) bond motifs is 1. The minimum Gasteiger partial charge on any atom is -0.497 e. The van der Waals surface area contributed by atoms with Gasteiger partial charge in [0.15, 0.2) is 5.13 Å². The monoisotopic (exact) mass is 714 g/mol. The van der Waals surface area contributed by atoms with Crippen LogP contribution in [0.3, 0.4) is 0 Å². The molecule has 6 rings (SSSR count). The van der Waals surface area contributed by atoms with Crippen LogP contribution in [0.15, 0.2) is 138 Å². The van der Waals surface area contributed by atoms with Crippen LogP contribution in [0.4, 0.5) is 10.8 Å². The lowest BCUT2D eigenvalue weighted by molar-refractivity contribution is -0.116. The van der Waals surface area contributed by atoms with Gasteiger partial charge in [0.05, 0.1) is 23.9 Å². The maximum absolute atomic E-state index is 13.8. The number of thioether (sulfide) groups is 1. The van der Waals surface area contributed by atoms with E-state index in [1.165, 1.54) is 23.1 Å². The van der Waals surface area contributed by atoms with Crippen molar-refractivity contribution in [3.63, 3.8) is 0 Å². The summed E-state index contributed by atoms with van der Waals surface area (Å²) >= 11 is 2.73. The van der Waals surface area contributed by atoms with Crippen molar-refractivity contribution < 1.29 is 23.9 Å². The SMILES string of the molecule is CCOc1ccc2nc(NC(=O)C(Sc3cccc(NC(=O)/C(=C\c4ccc(OC)cc4)NC(=O)c4ccccc4)c3)c3ccccc3)sc2c1. The second-order valence-electron chi connectivity index (χ2n) is 11.1. The second kappa shape index (κ2) is 16.7. The Labute approximate surface area is 303 Å². The van der Waals surface area contributed by atoms with Crippen LogP contribution in [-0.2, 0) is 9.59 Å². The van der Waals surface area contributed by atoms with E-state index >= 15 is 0 Å². The smallest absolute Gasteiger partial charge is 0.272 e. The average molecular weight is 715 g/mol. The summed E-state index contributed by atoms with van der Waals surface area (Å²) in [6.07, 6.45) is 1.60. The zero-order valence-electron chi connectivity index (χ0n) is 27.8. The van der Waals surface area contributed by atoms with Crippen LogP contribution in [0.1, 0.15) is 33.7 Å². The van der Waals surface area contributed by atoms with Gasteiger partial charge in [-0.2, -0.15) is 0 Å². The summed E-state index contributed by atoms with van der Waals surface area (Å²) in [5.74, 6) is 0.239. The lowest BCUT2D eigenvalue weighted by Gasteiger charge is -2.17. The third kappa shape index (κ3) is 9.21. The van der Waals surface area contributed by atoms with E-state index in [-0.39, 0.29) is 11.6 Å². The molecule has 1 aromatic heterocycles. The topological polar surface area (TPSA) is 119 Å². The first-order valence-corrected chi connectivity index (χ1v) is 17.8. The predicted molar refractivity (Wildman–Crippen MR) is 204 cm³/mol. The van der Waals surface area contributed by atoms with E-state index in [2.05, 4.69) is 20.9 Å². The Morgan fingerprint density at radius 1 is 0.824 bits per heavy atom. The van der Waals surface area contributed by atoms with Gasteiger partial charge in [0.25, 0.3) is 11.8 Å². The van der Waals surface area contributed by atoms with E-state index in [1.807, 2.05) is 67.6 Å². The van der Waals surface area contributed by atoms with Crippen molar-refractivity contribution in [1.82, 2.24) is 10.3 Å². The van der Waals surface area contributed by atoms with Crippen LogP contribution in [0.25, 0.3) is 16.3 Å². The van der Waals surface area contributed by atoms with Crippen molar-refractivity contribution in [2.75, 3.05) is 24.4 Å². The largest absolute Gasteiger partial charge is 0.497 e. The van der Waals surface area contributed by atoms with E-state index in [1.54, 1.807) is 79.9 Å². The molecule has 256 valence electrons. The molecule has 5 aromatic carbocycles. The van der Waals surface area contributed by atoms with Gasteiger partial charge >= 0.3 is 0 Å². The zero-order chi connectivity index (χ0) is 35.6. The van der Waals surface area contributed by atoms with Crippen LogP contribution >= 0.6 is 23.1 Å². The number of rotatable bonds is 13.